The molecule has 5 rings (SSSR count). The number of benzene rings is 2. The van der Waals surface area contributed by atoms with Gasteiger partial charge in [-0.05, 0) is 29.8 Å². The smallest absolute Gasteiger partial charge is 0.305 e. The molecule has 2 aliphatic rings. The van der Waals surface area contributed by atoms with Gasteiger partial charge in [-0.25, -0.2) is 0 Å². The number of rotatable bonds is 3. The first-order valence-corrected chi connectivity index (χ1v) is 11.2. The zero-order valence-electron chi connectivity index (χ0n) is 17.0. The van der Waals surface area contributed by atoms with Crippen LogP contribution in [0.1, 0.15) is 37.1 Å². The predicted molar refractivity (Wildman–Crippen MR) is 122 cm³/mol. The van der Waals surface area contributed by atoms with Crippen molar-refractivity contribution in [3.8, 4) is 5.75 Å². The molecule has 1 aliphatic heterocycles. The molecule has 0 amide bonds. The maximum Gasteiger partial charge on any atom is 0.305 e. The molecule has 2 aromatic carbocycles. The normalized spacial score (nSPS) is 17.2. The summed E-state index contributed by atoms with van der Waals surface area (Å²) in [5.74, 6) is -0.577. The maximum atomic E-state index is 13.8. The van der Waals surface area contributed by atoms with Gasteiger partial charge in [-0.3, -0.25) is 14.4 Å². The topological polar surface area (TPSA) is 79.5 Å². The second kappa shape index (κ2) is 7.25. The van der Waals surface area contributed by atoms with Gasteiger partial charge in [0, 0.05) is 30.9 Å². The van der Waals surface area contributed by atoms with E-state index in [1.54, 1.807) is 18.2 Å². The number of carbonyl (C=O) groups excluding carboxylic acids is 2. The van der Waals surface area contributed by atoms with Gasteiger partial charge in [0.1, 0.15) is 5.75 Å². The number of ketones is 2. The fourth-order valence-electron chi connectivity index (χ4n) is 4.08. The minimum Gasteiger partial charge on any atom is -0.496 e. The molecule has 0 bridgehead atoms. The quantitative estimate of drug-likeness (QED) is 0.648. The van der Waals surface area contributed by atoms with Crippen molar-refractivity contribution in [3.05, 3.63) is 84.2 Å². The zero-order chi connectivity index (χ0) is 21.9. The molecule has 1 atom stereocenters. The molecule has 1 N–H and O–H groups in total. The highest BCUT2D eigenvalue weighted by molar-refractivity contribution is 8.04. The summed E-state index contributed by atoms with van der Waals surface area (Å²) in [7, 11) is 5.39. The molecule has 3 aromatic rings. The molecule has 1 aromatic heterocycles. The van der Waals surface area contributed by atoms with Crippen LogP contribution in [0.5, 0.6) is 5.75 Å². The van der Waals surface area contributed by atoms with E-state index in [2.05, 4.69) is 4.98 Å². The van der Waals surface area contributed by atoms with Gasteiger partial charge < -0.3 is 14.6 Å². The molecule has 1 unspecified atom stereocenters. The number of aromatic amines is 1. The fraction of sp³-hybridized carbons (Fsp3) is 0.174. The number of hydrogen-bond acceptors (Lipinski definition) is 7. The Balaban J connectivity index is 1.75. The van der Waals surface area contributed by atoms with Gasteiger partial charge in [0.05, 0.1) is 33.4 Å². The number of ether oxygens (including phenoxy) is 1. The molecule has 6 nitrogen and oxygen atoms in total. The molecule has 0 fully saturated rings. The number of H-pyrrole nitrogens is 1. The summed E-state index contributed by atoms with van der Waals surface area (Å²) in [5.41, 5.74) is 2.90. The van der Waals surface area contributed by atoms with E-state index in [-0.39, 0.29) is 22.0 Å². The Labute approximate surface area is 186 Å². The molecule has 0 radical (unpaired) electrons. The summed E-state index contributed by atoms with van der Waals surface area (Å²) in [5, 5.41) is 0.628. The Hall–Kier alpha value is -3.10. The number of Topliss-reactive ketones (excluding diaryl/α,β-unsaturated/α-hetero) is 2. The highest BCUT2D eigenvalue weighted by atomic mass is 32.2. The second-order valence-corrected chi connectivity index (χ2v) is 9.55. The molecular weight excluding hydrogens is 432 g/mol. The monoisotopic (exact) mass is 450 g/mol. The van der Waals surface area contributed by atoms with Crippen molar-refractivity contribution in [2.45, 2.75) is 10.9 Å². The van der Waals surface area contributed by atoms with E-state index in [0.29, 0.717) is 26.8 Å². The molecule has 0 spiro atoms. The molecule has 156 valence electrons. The first-order chi connectivity index (χ1) is 14.9. The third-order valence-electron chi connectivity index (χ3n) is 5.55. The first-order valence-electron chi connectivity index (χ1n) is 9.59. The number of nitrogens with zero attached hydrogens (tertiary/aromatic N) is 1. The molecule has 31 heavy (non-hydrogen) atoms. The van der Waals surface area contributed by atoms with E-state index in [1.807, 2.05) is 43.3 Å². The van der Waals surface area contributed by atoms with Gasteiger partial charge >= 0.3 is 4.87 Å². The van der Waals surface area contributed by atoms with Crippen LogP contribution in [0, 0.1) is 0 Å². The lowest BCUT2D eigenvalue weighted by Crippen LogP contribution is -2.27. The van der Waals surface area contributed by atoms with Crippen molar-refractivity contribution < 1.29 is 14.3 Å². The van der Waals surface area contributed by atoms with E-state index >= 15 is 0 Å². The number of thioether (sulfide) groups is 1. The van der Waals surface area contributed by atoms with E-state index in [4.69, 9.17) is 4.74 Å². The van der Waals surface area contributed by atoms with Crippen LogP contribution in [0.3, 0.4) is 0 Å². The number of hydrogen-bond donors (Lipinski definition) is 1. The van der Waals surface area contributed by atoms with Crippen molar-refractivity contribution in [2.24, 2.45) is 0 Å². The Morgan fingerprint density at radius 1 is 1.00 bits per heavy atom. The minimum atomic E-state index is -0.499. The third-order valence-corrected chi connectivity index (χ3v) is 7.77. The third kappa shape index (κ3) is 2.97. The fourth-order valence-corrected chi connectivity index (χ4v) is 6.35. The van der Waals surface area contributed by atoms with Gasteiger partial charge in [0.2, 0.25) is 5.78 Å². The van der Waals surface area contributed by atoms with E-state index < -0.39 is 5.92 Å². The van der Waals surface area contributed by atoms with Gasteiger partial charge in [-0.15, -0.1) is 0 Å². The summed E-state index contributed by atoms with van der Waals surface area (Å²) in [6.07, 6.45) is 0. The molecule has 0 saturated carbocycles. The number of nitrogens with one attached hydrogen (secondary N) is 1. The van der Waals surface area contributed by atoms with Gasteiger partial charge in [-0.1, -0.05) is 41.3 Å². The lowest BCUT2D eigenvalue weighted by atomic mass is 9.79. The number of thiazole rings is 1. The van der Waals surface area contributed by atoms with Crippen LogP contribution >= 0.6 is 23.1 Å². The number of allylic oxidation sites excluding steroid dienone is 2. The van der Waals surface area contributed by atoms with Crippen LogP contribution in [-0.4, -0.2) is 37.8 Å². The van der Waals surface area contributed by atoms with Gasteiger partial charge in [0.25, 0.3) is 0 Å². The molecule has 0 saturated heterocycles. The predicted octanol–water partition coefficient (Wildman–Crippen LogP) is 4.08. The minimum absolute atomic E-state index is 0.206. The lowest BCUT2D eigenvalue weighted by molar-refractivity contribution is 0.0974. The van der Waals surface area contributed by atoms with Crippen LogP contribution < -0.4 is 14.5 Å². The highest BCUT2D eigenvalue weighted by Crippen LogP contribution is 2.52. The van der Waals surface area contributed by atoms with Crippen LogP contribution in [0.2, 0.25) is 0 Å². The maximum absolute atomic E-state index is 13.8. The first kappa shape index (κ1) is 19.8. The Bertz CT molecular complexity index is 1330. The van der Waals surface area contributed by atoms with Crippen molar-refractivity contribution in [2.75, 3.05) is 26.1 Å². The van der Waals surface area contributed by atoms with Gasteiger partial charge in [-0.2, -0.15) is 0 Å². The Kier molecular flexibility index (Phi) is 4.64. The van der Waals surface area contributed by atoms with E-state index in [0.717, 1.165) is 27.5 Å². The number of carbonyl (C=O) groups is 2. The van der Waals surface area contributed by atoms with Gasteiger partial charge in [0.15, 0.2) is 5.78 Å². The summed E-state index contributed by atoms with van der Waals surface area (Å²) >= 11 is 2.25. The SMILES string of the molecule is COc1cccc2c1C(=O)C1=C(Sc3[nH]c(=O)sc3C1c1ccc(N(C)C)cc1)C2=O. The van der Waals surface area contributed by atoms with E-state index in [9.17, 15) is 14.4 Å². The average molecular weight is 451 g/mol. The van der Waals surface area contributed by atoms with Crippen molar-refractivity contribution in [1.82, 2.24) is 4.98 Å². The molecule has 8 heteroatoms. The summed E-state index contributed by atoms with van der Waals surface area (Å²) in [6, 6.07) is 12.9. The zero-order valence-corrected chi connectivity index (χ0v) is 18.6. The average Bonchev–Trinajstić information content (AvgIpc) is 3.15. The molecular formula is C23H18N2O4S2. The van der Waals surface area contributed by atoms with Crippen LogP contribution in [0.15, 0.2) is 62.8 Å². The van der Waals surface area contributed by atoms with Crippen LogP contribution in [0.25, 0.3) is 0 Å². The van der Waals surface area contributed by atoms with Crippen LogP contribution in [0.4, 0.5) is 5.69 Å². The number of aromatic nitrogens is 1. The molecule has 1 aliphatic carbocycles. The Morgan fingerprint density at radius 2 is 1.74 bits per heavy atom. The standard InChI is InChI=1S/C23H18N2O4S2/c1-25(2)12-9-7-11(8-10-12)15-17-19(27)16-13(5-4-6-14(16)29-3)18(26)20(17)30-22-21(15)31-23(28)24-22/h4-10,15H,1-3H3,(H,24,28). The van der Waals surface area contributed by atoms with E-state index in [1.165, 1.54) is 18.9 Å². The summed E-state index contributed by atoms with van der Waals surface area (Å²) in [6.45, 7) is 0. The number of fused-ring (bicyclic) bond motifs is 2. The summed E-state index contributed by atoms with van der Waals surface area (Å²) in [4.78, 5) is 45.1. The lowest BCUT2D eigenvalue weighted by Gasteiger charge is -2.31. The largest absolute Gasteiger partial charge is 0.496 e. The highest BCUT2D eigenvalue weighted by Gasteiger charge is 2.44. The molecule has 2 heterocycles. The van der Waals surface area contributed by atoms with Crippen LogP contribution in [-0.2, 0) is 0 Å². The van der Waals surface area contributed by atoms with Crippen molar-refractivity contribution >= 4 is 40.4 Å². The van der Waals surface area contributed by atoms with Crippen molar-refractivity contribution in [3.63, 3.8) is 0 Å². The number of methoxy groups -OCH3 is 1. The summed E-state index contributed by atoms with van der Waals surface area (Å²) < 4.78 is 5.41. The Morgan fingerprint density at radius 3 is 2.42 bits per heavy atom. The van der Waals surface area contributed by atoms with Crippen molar-refractivity contribution in [1.29, 1.82) is 0 Å². The number of anilines is 1. The second-order valence-electron chi connectivity index (χ2n) is 7.51.